The summed E-state index contributed by atoms with van der Waals surface area (Å²) in [6.45, 7) is 3.92. The summed E-state index contributed by atoms with van der Waals surface area (Å²) in [5.41, 5.74) is 4.52. The molecule has 7 heteroatoms. The molecule has 1 unspecified atom stereocenters. The zero-order valence-electron chi connectivity index (χ0n) is 20.9. The summed E-state index contributed by atoms with van der Waals surface area (Å²) in [5, 5.41) is 22.7. The van der Waals surface area contributed by atoms with Crippen molar-refractivity contribution in [2.24, 2.45) is 0 Å². The van der Waals surface area contributed by atoms with Gasteiger partial charge in [0.05, 0.1) is 18.7 Å². The molecular weight excluding hydrogens is 468 g/mol. The van der Waals surface area contributed by atoms with Crippen molar-refractivity contribution in [2.75, 3.05) is 13.7 Å². The molecule has 0 spiro atoms. The number of aliphatic hydroxyl groups is 1. The number of phenolic OH excluding ortho intramolecular Hbond substituents is 1. The van der Waals surface area contributed by atoms with Crippen LogP contribution in [0.2, 0.25) is 0 Å². The number of carbonyl (C=O) groups is 2. The quantitative estimate of drug-likeness (QED) is 0.194. The molecule has 1 amide bonds. The van der Waals surface area contributed by atoms with Crippen LogP contribution in [0.25, 0.3) is 16.7 Å². The highest BCUT2D eigenvalue weighted by Crippen LogP contribution is 2.41. The molecule has 1 aliphatic heterocycles. The molecule has 37 heavy (non-hydrogen) atoms. The van der Waals surface area contributed by atoms with Crippen molar-refractivity contribution < 1.29 is 24.5 Å². The predicted molar refractivity (Wildman–Crippen MR) is 142 cm³/mol. The van der Waals surface area contributed by atoms with Gasteiger partial charge in [0.15, 0.2) is 0 Å². The van der Waals surface area contributed by atoms with Gasteiger partial charge < -0.3 is 24.8 Å². The second-order valence-electron chi connectivity index (χ2n) is 9.33. The number of hydrogen-bond donors (Lipinski definition) is 3. The molecule has 1 saturated heterocycles. The normalized spacial score (nSPS) is 17.1. The molecule has 5 rings (SSSR count). The van der Waals surface area contributed by atoms with Gasteiger partial charge in [-0.1, -0.05) is 30.3 Å². The smallest absolute Gasteiger partial charge is 0.295 e. The highest BCUT2D eigenvalue weighted by molar-refractivity contribution is 6.46. The molecule has 3 N–H and O–H groups in total. The van der Waals surface area contributed by atoms with E-state index in [0.717, 1.165) is 22.0 Å². The first kappa shape index (κ1) is 24.2. The number of H-pyrrole nitrogens is 1. The lowest BCUT2D eigenvalue weighted by Gasteiger charge is -2.25. The van der Waals surface area contributed by atoms with Crippen LogP contribution in [-0.2, 0) is 16.0 Å². The van der Waals surface area contributed by atoms with Gasteiger partial charge in [-0.25, -0.2) is 0 Å². The minimum absolute atomic E-state index is 0.00203. The van der Waals surface area contributed by atoms with Crippen LogP contribution in [-0.4, -0.2) is 45.4 Å². The summed E-state index contributed by atoms with van der Waals surface area (Å²) in [5.74, 6) is -1.01. The van der Waals surface area contributed by atoms with Crippen LogP contribution in [0.4, 0.5) is 0 Å². The third-order valence-corrected chi connectivity index (χ3v) is 7.02. The van der Waals surface area contributed by atoms with Gasteiger partial charge in [-0.15, -0.1) is 0 Å². The van der Waals surface area contributed by atoms with Gasteiger partial charge in [0, 0.05) is 29.2 Å². The fraction of sp³-hybridized carbons (Fsp3) is 0.200. The molecule has 1 fully saturated rings. The molecule has 0 saturated carbocycles. The molecule has 7 nitrogen and oxygen atoms in total. The number of aromatic nitrogens is 1. The molecule has 1 aliphatic rings. The Labute approximate surface area is 214 Å². The molecule has 2 heterocycles. The molecule has 1 aromatic heterocycles. The Hall–Kier alpha value is -4.52. The van der Waals surface area contributed by atoms with Crippen molar-refractivity contribution in [1.29, 1.82) is 0 Å². The van der Waals surface area contributed by atoms with E-state index in [0.29, 0.717) is 28.9 Å². The fourth-order valence-electron chi connectivity index (χ4n) is 5.14. The maximum atomic E-state index is 13.4. The van der Waals surface area contributed by atoms with Crippen LogP contribution in [0.3, 0.4) is 0 Å². The number of rotatable bonds is 6. The van der Waals surface area contributed by atoms with E-state index >= 15 is 0 Å². The van der Waals surface area contributed by atoms with Gasteiger partial charge in [0.1, 0.15) is 17.3 Å². The minimum atomic E-state index is -0.848. The van der Waals surface area contributed by atoms with Gasteiger partial charge in [-0.3, -0.25) is 9.59 Å². The van der Waals surface area contributed by atoms with Crippen molar-refractivity contribution >= 4 is 28.4 Å². The topological polar surface area (TPSA) is 103 Å². The lowest BCUT2D eigenvalue weighted by atomic mass is 9.93. The Morgan fingerprint density at radius 2 is 1.81 bits per heavy atom. The predicted octanol–water partition coefficient (Wildman–Crippen LogP) is 5.16. The number of aliphatic hydroxyl groups excluding tert-OH is 1. The number of phenols is 1. The lowest BCUT2D eigenvalue weighted by molar-refractivity contribution is -0.139. The number of amides is 1. The number of aromatic amines is 1. The standard InChI is InChI=1S/C30H28N2O5/c1-17-14-25(37-3)18(2)13-23(17)28(34)26-27(19-7-6-8-21(33)15-19)32(30(36)29(26)35)12-11-20-16-31-24-10-5-4-9-22(20)24/h4-10,13-16,27,31,33-34H,11-12H2,1-3H3/b28-26+. The van der Waals surface area contributed by atoms with E-state index in [4.69, 9.17) is 4.74 Å². The molecule has 0 aliphatic carbocycles. The van der Waals surface area contributed by atoms with Crippen molar-refractivity contribution in [3.05, 3.63) is 100 Å². The second-order valence-corrected chi connectivity index (χ2v) is 9.33. The number of nitrogens with zero attached hydrogens (tertiary/aromatic N) is 1. The number of Topliss-reactive ketones (excluding diaryl/α,β-unsaturated/α-hetero) is 1. The second kappa shape index (κ2) is 9.50. The van der Waals surface area contributed by atoms with Crippen LogP contribution < -0.4 is 4.74 Å². The summed E-state index contributed by atoms with van der Waals surface area (Å²) in [7, 11) is 1.57. The monoisotopic (exact) mass is 496 g/mol. The number of aryl methyl sites for hydroxylation is 2. The van der Waals surface area contributed by atoms with Crippen molar-refractivity contribution in [1.82, 2.24) is 9.88 Å². The maximum absolute atomic E-state index is 13.4. The van der Waals surface area contributed by atoms with E-state index in [-0.39, 0.29) is 23.6 Å². The van der Waals surface area contributed by atoms with Crippen molar-refractivity contribution in [2.45, 2.75) is 26.3 Å². The van der Waals surface area contributed by atoms with Crippen LogP contribution in [0, 0.1) is 13.8 Å². The van der Waals surface area contributed by atoms with Gasteiger partial charge >= 0.3 is 0 Å². The lowest BCUT2D eigenvalue weighted by Crippen LogP contribution is -2.31. The highest BCUT2D eigenvalue weighted by Gasteiger charge is 2.46. The Kier molecular flexibility index (Phi) is 6.21. The number of para-hydroxylation sites is 1. The number of ketones is 1. The SMILES string of the molecule is COc1cc(C)c(/C(O)=C2\C(=O)C(=O)N(CCc3c[nH]c4ccccc34)C2c2cccc(O)c2)cc1C. The zero-order chi connectivity index (χ0) is 26.3. The number of fused-ring (bicyclic) bond motifs is 1. The van der Waals surface area contributed by atoms with Crippen LogP contribution in [0.5, 0.6) is 11.5 Å². The maximum Gasteiger partial charge on any atom is 0.295 e. The average Bonchev–Trinajstić information content (AvgIpc) is 3.41. The zero-order valence-corrected chi connectivity index (χ0v) is 20.9. The number of nitrogens with one attached hydrogen (secondary N) is 1. The van der Waals surface area contributed by atoms with Gasteiger partial charge in [0.25, 0.3) is 11.7 Å². The summed E-state index contributed by atoms with van der Waals surface area (Å²) in [6, 6.07) is 17.1. The third-order valence-electron chi connectivity index (χ3n) is 7.02. The number of carbonyl (C=O) groups excluding carboxylic acids is 2. The van der Waals surface area contributed by atoms with Crippen LogP contribution in [0.1, 0.15) is 33.9 Å². The summed E-state index contributed by atoms with van der Waals surface area (Å²) in [6.07, 6.45) is 2.42. The van der Waals surface area contributed by atoms with Gasteiger partial charge in [0.2, 0.25) is 0 Å². The summed E-state index contributed by atoms with van der Waals surface area (Å²) >= 11 is 0. The number of aromatic hydroxyl groups is 1. The Balaban J connectivity index is 1.60. The van der Waals surface area contributed by atoms with Gasteiger partial charge in [-0.2, -0.15) is 0 Å². The van der Waals surface area contributed by atoms with Crippen molar-refractivity contribution in [3.8, 4) is 11.5 Å². The largest absolute Gasteiger partial charge is 0.508 e. The molecule has 4 aromatic rings. The van der Waals surface area contributed by atoms with E-state index in [1.54, 1.807) is 31.4 Å². The number of methoxy groups -OCH3 is 1. The van der Waals surface area contributed by atoms with Crippen molar-refractivity contribution in [3.63, 3.8) is 0 Å². The Bertz CT molecular complexity index is 1570. The molecule has 188 valence electrons. The van der Waals surface area contributed by atoms with Gasteiger partial charge in [-0.05, 0) is 72.9 Å². The number of likely N-dealkylation sites (tertiary alicyclic amines) is 1. The molecular formula is C30H28N2O5. The Morgan fingerprint density at radius 3 is 2.57 bits per heavy atom. The first-order chi connectivity index (χ1) is 17.8. The van der Waals surface area contributed by atoms with E-state index in [2.05, 4.69) is 4.98 Å². The van der Waals surface area contributed by atoms with E-state index in [1.807, 2.05) is 44.3 Å². The fourth-order valence-corrected chi connectivity index (χ4v) is 5.14. The van der Waals surface area contributed by atoms with E-state index in [9.17, 15) is 19.8 Å². The van der Waals surface area contributed by atoms with Crippen LogP contribution >= 0.6 is 0 Å². The molecule has 0 radical (unpaired) electrons. The summed E-state index contributed by atoms with van der Waals surface area (Å²) in [4.78, 5) is 31.4. The number of benzene rings is 3. The first-order valence-corrected chi connectivity index (χ1v) is 12.1. The molecule has 0 bridgehead atoms. The van der Waals surface area contributed by atoms with E-state index < -0.39 is 17.7 Å². The highest BCUT2D eigenvalue weighted by atomic mass is 16.5. The molecule has 3 aromatic carbocycles. The third kappa shape index (κ3) is 4.22. The molecule has 1 atom stereocenters. The van der Waals surface area contributed by atoms with Crippen LogP contribution in [0.15, 0.2) is 72.4 Å². The first-order valence-electron chi connectivity index (χ1n) is 12.1. The summed E-state index contributed by atoms with van der Waals surface area (Å²) < 4.78 is 5.39. The average molecular weight is 497 g/mol. The Morgan fingerprint density at radius 1 is 1.03 bits per heavy atom. The van der Waals surface area contributed by atoms with E-state index in [1.165, 1.54) is 17.0 Å². The minimum Gasteiger partial charge on any atom is -0.508 e. The number of hydrogen-bond acceptors (Lipinski definition) is 5. The number of ether oxygens (including phenoxy) is 1.